The van der Waals surface area contributed by atoms with Crippen LogP contribution >= 0.6 is 0 Å². The lowest BCUT2D eigenvalue weighted by Gasteiger charge is -2.31. The minimum absolute atomic E-state index is 0.0461. The summed E-state index contributed by atoms with van der Waals surface area (Å²) in [5, 5.41) is 4.55. The number of hydrogen-bond acceptors (Lipinski definition) is 4. The van der Waals surface area contributed by atoms with E-state index in [1.807, 2.05) is 11.9 Å². The van der Waals surface area contributed by atoms with Gasteiger partial charge in [0, 0.05) is 18.1 Å². The maximum absolute atomic E-state index is 13.2. The molecule has 2 aliphatic rings. The molecule has 7 heteroatoms. The molecule has 2 N–H and O–H groups in total. The highest BCUT2D eigenvalue weighted by molar-refractivity contribution is 5.96. The first kappa shape index (κ1) is 19.1. The molecule has 0 bridgehead atoms. The van der Waals surface area contributed by atoms with Gasteiger partial charge < -0.3 is 15.2 Å². The molecule has 2 unspecified atom stereocenters. The zero-order valence-electron chi connectivity index (χ0n) is 16.4. The van der Waals surface area contributed by atoms with Crippen molar-refractivity contribution in [1.82, 2.24) is 15.3 Å². The average molecular weight is 394 g/mol. The Hall–Kier alpha value is -3.19. The molecule has 1 saturated heterocycles. The molecule has 29 heavy (non-hydrogen) atoms. The first-order chi connectivity index (χ1) is 13.9. The van der Waals surface area contributed by atoms with E-state index in [0.717, 1.165) is 5.56 Å². The van der Waals surface area contributed by atoms with Gasteiger partial charge in [-0.05, 0) is 49.6 Å². The smallest absolute Gasteiger partial charge is 0.251 e. The van der Waals surface area contributed by atoms with Crippen molar-refractivity contribution in [2.45, 2.75) is 32.4 Å². The van der Waals surface area contributed by atoms with E-state index in [0.29, 0.717) is 17.7 Å². The van der Waals surface area contributed by atoms with Gasteiger partial charge >= 0.3 is 0 Å². The lowest BCUT2D eigenvalue weighted by molar-refractivity contribution is -0.137. The van der Waals surface area contributed by atoms with Crippen LogP contribution < -0.4 is 10.7 Å². The molecule has 4 rings (SSSR count). The third kappa shape index (κ3) is 4.00. The summed E-state index contributed by atoms with van der Waals surface area (Å²) < 4.78 is 13.2. The summed E-state index contributed by atoms with van der Waals surface area (Å²) in [5.74, 6) is -0.806. The first-order valence-corrected chi connectivity index (χ1v) is 9.56. The number of halogens is 1. The number of nitrogens with one attached hydrogen (secondary N) is 2. The van der Waals surface area contributed by atoms with Crippen LogP contribution in [0.5, 0.6) is 0 Å². The first-order valence-electron chi connectivity index (χ1n) is 9.56. The Labute approximate surface area is 169 Å². The molecule has 0 spiro atoms. The quantitative estimate of drug-likeness (QED) is 0.837. The highest BCUT2D eigenvalue weighted by atomic mass is 19.1. The molecule has 0 radical (unpaired) electrons. The molecule has 1 fully saturated rings. The fourth-order valence-electron chi connectivity index (χ4n) is 3.70. The Morgan fingerprint density at radius 3 is 2.66 bits per heavy atom. The largest absolute Gasteiger partial charge is 0.324 e. The normalized spacial score (nSPS) is 20.7. The van der Waals surface area contributed by atoms with Crippen LogP contribution in [-0.4, -0.2) is 34.3 Å². The molecule has 2 aliphatic heterocycles. The lowest BCUT2D eigenvalue weighted by Crippen LogP contribution is -2.49. The third-order valence-corrected chi connectivity index (χ3v) is 5.33. The predicted molar refractivity (Wildman–Crippen MR) is 108 cm³/mol. The molecular weight excluding hydrogens is 371 g/mol. The van der Waals surface area contributed by atoms with Gasteiger partial charge in [-0.3, -0.25) is 9.59 Å². The van der Waals surface area contributed by atoms with E-state index in [9.17, 15) is 14.0 Å². The zero-order chi connectivity index (χ0) is 20.5. The van der Waals surface area contributed by atoms with Gasteiger partial charge in [0.1, 0.15) is 18.4 Å². The fourth-order valence-corrected chi connectivity index (χ4v) is 3.70. The Morgan fingerprint density at radius 1 is 1.17 bits per heavy atom. The van der Waals surface area contributed by atoms with Crippen molar-refractivity contribution in [3.05, 3.63) is 77.4 Å². The van der Waals surface area contributed by atoms with Gasteiger partial charge in [0.25, 0.3) is 5.91 Å². The van der Waals surface area contributed by atoms with Crippen molar-refractivity contribution in [2.24, 2.45) is 0 Å². The van der Waals surface area contributed by atoms with Crippen LogP contribution in [0.2, 0.25) is 0 Å². The standard InChI is InChI=1S/C22H23FN4O2/c1-14-3-5-16(6-4-14)19-12-20-22(29)26(9-10-27(20)25-19)13-21(28)24-18-8-7-17(23)11-15(18)2/h3-11,19-20,25H,12-13H2,1-2H3,(H,24,28). The molecule has 2 heterocycles. The summed E-state index contributed by atoms with van der Waals surface area (Å²) in [7, 11) is 0. The molecule has 2 amide bonds. The van der Waals surface area contributed by atoms with Crippen molar-refractivity contribution >= 4 is 17.5 Å². The number of anilines is 1. The Balaban J connectivity index is 1.40. The minimum Gasteiger partial charge on any atom is -0.324 e. The monoisotopic (exact) mass is 394 g/mol. The number of rotatable bonds is 4. The number of carbonyl (C=O) groups is 2. The van der Waals surface area contributed by atoms with Crippen LogP contribution in [0.1, 0.15) is 29.2 Å². The number of hydrogen-bond donors (Lipinski definition) is 2. The second-order valence-corrected chi connectivity index (χ2v) is 7.52. The van der Waals surface area contributed by atoms with E-state index in [2.05, 4.69) is 35.0 Å². The number of benzene rings is 2. The van der Waals surface area contributed by atoms with Gasteiger partial charge in [0.2, 0.25) is 5.91 Å². The number of nitrogens with zero attached hydrogens (tertiary/aromatic N) is 2. The summed E-state index contributed by atoms with van der Waals surface area (Å²) in [4.78, 5) is 26.7. The van der Waals surface area contributed by atoms with Crippen molar-refractivity contribution in [1.29, 1.82) is 0 Å². The predicted octanol–water partition coefficient (Wildman–Crippen LogP) is 3.01. The summed E-state index contributed by atoms with van der Waals surface area (Å²) in [6.45, 7) is 3.67. The number of carbonyl (C=O) groups excluding carboxylic acids is 2. The molecule has 6 nitrogen and oxygen atoms in total. The number of fused-ring (bicyclic) bond motifs is 1. The second kappa shape index (κ2) is 7.67. The van der Waals surface area contributed by atoms with Gasteiger partial charge in [0.15, 0.2) is 0 Å². The molecule has 0 aliphatic carbocycles. The summed E-state index contributed by atoms with van der Waals surface area (Å²) >= 11 is 0. The maximum atomic E-state index is 13.2. The van der Waals surface area contributed by atoms with Gasteiger partial charge in [0.05, 0.1) is 6.04 Å². The second-order valence-electron chi connectivity index (χ2n) is 7.52. The molecule has 2 atom stereocenters. The minimum atomic E-state index is -0.355. The van der Waals surface area contributed by atoms with Gasteiger partial charge in [-0.1, -0.05) is 29.8 Å². The highest BCUT2D eigenvalue weighted by Crippen LogP contribution is 2.30. The number of amides is 2. The molecule has 0 aromatic heterocycles. The van der Waals surface area contributed by atoms with Crippen LogP contribution in [0.15, 0.2) is 54.9 Å². The highest BCUT2D eigenvalue weighted by Gasteiger charge is 2.40. The van der Waals surface area contributed by atoms with Crippen LogP contribution in [0.25, 0.3) is 0 Å². The third-order valence-electron chi connectivity index (χ3n) is 5.33. The summed E-state index contributed by atoms with van der Waals surface area (Å²) in [5.41, 5.74) is 6.83. The van der Waals surface area contributed by atoms with Crippen LogP contribution in [0.4, 0.5) is 10.1 Å². The van der Waals surface area contributed by atoms with Gasteiger partial charge in [-0.15, -0.1) is 0 Å². The topological polar surface area (TPSA) is 64.7 Å². The van der Waals surface area contributed by atoms with Gasteiger partial charge in [-0.2, -0.15) is 0 Å². The summed E-state index contributed by atoms with van der Waals surface area (Å²) in [6, 6.07) is 12.1. The van der Waals surface area contributed by atoms with Crippen molar-refractivity contribution < 1.29 is 14.0 Å². The Kier molecular flexibility index (Phi) is 5.07. The van der Waals surface area contributed by atoms with E-state index in [4.69, 9.17) is 0 Å². The maximum Gasteiger partial charge on any atom is 0.251 e. The van der Waals surface area contributed by atoms with E-state index in [1.165, 1.54) is 28.7 Å². The SMILES string of the molecule is Cc1ccc(C2CC3C(=O)N(CC(=O)Nc4ccc(F)cc4C)C=CN3N2)cc1. The number of hydrazine groups is 1. The van der Waals surface area contributed by atoms with Crippen LogP contribution in [0, 0.1) is 19.7 Å². The Morgan fingerprint density at radius 2 is 1.93 bits per heavy atom. The van der Waals surface area contributed by atoms with Gasteiger partial charge in [-0.25, -0.2) is 9.82 Å². The van der Waals surface area contributed by atoms with Crippen LogP contribution in [0.3, 0.4) is 0 Å². The van der Waals surface area contributed by atoms with Crippen molar-refractivity contribution in [2.75, 3.05) is 11.9 Å². The molecule has 2 aromatic rings. The molecule has 0 saturated carbocycles. The van der Waals surface area contributed by atoms with E-state index >= 15 is 0 Å². The lowest BCUT2D eigenvalue weighted by atomic mass is 10.00. The Bertz CT molecular complexity index is 973. The fraction of sp³-hybridized carbons (Fsp3) is 0.273. The summed E-state index contributed by atoms with van der Waals surface area (Å²) in [6.07, 6.45) is 4.03. The number of aryl methyl sites for hydroxylation is 2. The molecule has 2 aromatic carbocycles. The van der Waals surface area contributed by atoms with E-state index in [1.54, 1.807) is 19.3 Å². The molecule has 150 valence electrons. The van der Waals surface area contributed by atoms with E-state index in [-0.39, 0.29) is 36.3 Å². The van der Waals surface area contributed by atoms with Crippen LogP contribution in [-0.2, 0) is 9.59 Å². The van der Waals surface area contributed by atoms with Crippen molar-refractivity contribution in [3.63, 3.8) is 0 Å². The zero-order valence-corrected chi connectivity index (χ0v) is 16.4. The van der Waals surface area contributed by atoms with E-state index < -0.39 is 0 Å². The average Bonchev–Trinajstić information content (AvgIpc) is 3.12. The van der Waals surface area contributed by atoms with Crippen molar-refractivity contribution in [3.8, 4) is 0 Å². The molecular formula is C22H23FN4O2.